The van der Waals surface area contributed by atoms with Gasteiger partial charge in [-0.25, -0.2) is 5.43 Å². The van der Waals surface area contributed by atoms with Gasteiger partial charge < -0.3 is 0 Å². The van der Waals surface area contributed by atoms with E-state index in [0.29, 0.717) is 11.7 Å². The van der Waals surface area contributed by atoms with Crippen LogP contribution in [-0.2, 0) is 11.3 Å². The summed E-state index contributed by atoms with van der Waals surface area (Å²) in [6, 6.07) is 15.6. The molecule has 0 saturated carbocycles. The molecule has 1 heterocycles. The number of rotatable bonds is 8. The van der Waals surface area contributed by atoms with E-state index in [9.17, 15) is 4.79 Å². The quantitative estimate of drug-likeness (QED) is 0.166. The summed E-state index contributed by atoms with van der Waals surface area (Å²) in [5.74, 6) is 0.699. The van der Waals surface area contributed by atoms with Crippen LogP contribution >= 0.6 is 43.6 Å². The van der Waals surface area contributed by atoms with Gasteiger partial charge in [0.15, 0.2) is 11.0 Å². The summed E-state index contributed by atoms with van der Waals surface area (Å²) in [6.45, 7) is 8.38. The number of aromatic nitrogens is 3. The first-order valence-electron chi connectivity index (χ1n) is 9.39. The predicted octanol–water partition coefficient (Wildman–Crippen LogP) is 5.68. The van der Waals surface area contributed by atoms with Gasteiger partial charge in [-0.05, 0) is 43.7 Å². The topological polar surface area (TPSA) is 72.2 Å². The molecule has 0 bridgehead atoms. The van der Waals surface area contributed by atoms with Crippen molar-refractivity contribution < 1.29 is 4.79 Å². The first-order chi connectivity index (χ1) is 14.8. The maximum Gasteiger partial charge on any atom is 0.250 e. The number of allylic oxidation sites excluding steroid dienone is 1. The average Bonchev–Trinajstić information content (AvgIpc) is 3.13. The first kappa shape index (κ1) is 23.4. The van der Waals surface area contributed by atoms with E-state index in [1.54, 1.807) is 0 Å². The molecule has 6 nitrogen and oxygen atoms in total. The number of hydrogen-bond acceptors (Lipinski definition) is 5. The van der Waals surface area contributed by atoms with E-state index in [2.05, 4.69) is 59.2 Å². The van der Waals surface area contributed by atoms with Crippen LogP contribution in [0.2, 0.25) is 0 Å². The van der Waals surface area contributed by atoms with E-state index in [0.717, 1.165) is 37.2 Å². The van der Waals surface area contributed by atoms with Gasteiger partial charge in [0.05, 0.1) is 11.5 Å². The first-order valence-corrected chi connectivity index (χ1v) is 12.0. The van der Waals surface area contributed by atoms with Gasteiger partial charge in [-0.3, -0.25) is 9.36 Å². The molecule has 0 aliphatic carbocycles. The van der Waals surface area contributed by atoms with Crippen molar-refractivity contribution in [1.29, 1.82) is 0 Å². The van der Waals surface area contributed by atoms with Crippen molar-refractivity contribution >= 4 is 55.2 Å². The minimum absolute atomic E-state index is 0.172. The second-order valence-corrected chi connectivity index (χ2v) is 9.66. The van der Waals surface area contributed by atoms with Crippen LogP contribution in [0.1, 0.15) is 19.4 Å². The van der Waals surface area contributed by atoms with Gasteiger partial charge in [0.2, 0.25) is 0 Å². The Morgan fingerprint density at radius 1 is 1.06 bits per heavy atom. The predicted molar refractivity (Wildman–Crippen MR) is 133 cm³/mol. The van der Waals surface area contributed by atoms with Gasteiger partial charge in [-0.15, -0.1) is 10.2 Å². The summed E-state index contributed by atoms with van der Waals surface area (Å²) in [5.41, 5.74) is 6.20. The molecule has 3 aromatic rings. The largest absolute Gasteiger partial charge is 0.298 e. The van der Waals surface area contributed by atoms with Gasteiger partial charge >= 0.3 is 0 Å². The molecule has 160 valence electrons. The molecule has 0 saturated heterocycles. The summed E-state index contributed by atoms with van der Waals surface area (Å²) in [5, 5.41) is 13.5. The maximum atomic E-state index is 12.3. The number of carbonyl (C=O) groups is 1. The molecule has 0 fully saturated rings. The number of amides is 1. The Hall–Kier alpha value is -2.23. The molecule has 3 rings (SSSR count). The highest BCUT2D eigenvalue weighted by molar-refractivity contribution is 9.10. The third-order valence-corrected chi connectivity index (χ3v) is 6.21. The van der Waals surface area contributed by atoms with Crippen LogP contribution in [0.4, 0.5) is 0 Å². The van der Waals surface area contributed by atoms with Gasteiger partial charge in [-0.2, -0.15) is 5.10 Å². The molecule has 0 radical (unpaired) electrons. The fourth-order valence-corrected chi connectivity index (χ4v) is 3.94. The zero-order valence-corrected chi connectivity index (χ0v) is 21.1. The summed E-state index contributed by atoms with van der Waals surface area (Å²) in [4.78, 5) is 12.3. The molecule has 1 N–H and O–H groups in total. The molecule has 0 aliphatic heterocycles. The summed E-state index contributed by atoms with van der Waals surface area (Å²) in [7, 11) is 0. The van der Waals surface area contributed by atoms with Crippen molar-refractivity contribution in [2.45, 2.75) is 25.5 Å². The van der Waals surface area contributed by atoms with E-state index < -0.39 is 0 Å². The Morgan fingerprint density at radius 3 is 2.29 bits per heavy atom. The van der Waals surface area contributed by atoms with Crippen molar-refractivity contribution in [2.75, 3.05) is 5.75 Å². The Bertz CT molecular complexity index is 1110. The number of thioether (sulfide) groups is 1. The highest BCUT2D eigenvalue weighted by atomic mass is 79.9. The molecule has 0 unspecified atom stereocenters. The fraction of sp³-hybridized carbons (Fsp3) is 0.182. The second kappa shape index (κ2) is 10.9. The van der Waals surface area contributed by atoms with Crippen LogP contribution in [0, 0.1) is 0 Å². The standard InChI is InChI=1S/C22H21Br2N5OS/c1-14(2)12-29-21(17-6-10-19(24)11-7-17)27-28-22(29)31-13-20(30)26-25-15(3)16-4-8-18(23)9-5-16/h4-11H,1,12-13H2,2-3H3,(H,26,30). The molecule has 1 amide bonds. The molecular formula is C22H21Br2N5OS. The minimum atomic E-state index is -0.212. The van der Waals surface area contributed by atoms with Crippen LogP contribution in [0.3, 0.4) is 0 Å². The third-order valence-electron chi connectivity index (χ3n) is 4.19. The van der Waals surface area contributed by atoms with Gasteiger partial charge in [0.25, 0.3) is 5.91 Å². The van der Waals surface area contributed by atoms with E-state index >= 15 is 0 Å². The van der Waals surface area contributed by atoms with Gasteiger partial charge in [-0.1, -0.05) is 80.0 Å². The number of nitrogens with zero attached hydrogens (tertiary/aromatic N) is 4. The zero-order chi connectivity index (χ0) is 22.4. The Morgan fingerprint density at radius 2 is 1.68 bits per heavy atom. The van der Waals surface area contributed by atoms with Crippen molar-refractivity contribution in [3.8, 4) is 11.4 Å². The number of nitrogens with one attached hydrogen (secondary N) is 1. The minimum Gasteiger partial charge on any atom is -0.298 e. The molecule has 0 atom stereocenters. The van der Waals surface area contributed by atoms with Crippen LogP contribution in [0.15, 0.2) is 79.9 Å². The Labute approximate surface area is 202 Å². The van der Waals surface area contributed by atoms with Crippen LogP contribution in [0.25, 0.3) is 11.4 Å². The normalized spacial score (nSPS) is 11.4. The number of carbonyl (C=O) groups excluding carboxylic acids is 1. The van der Waals surface area contributed by atoms with Crippen LogP contribution in [-0.4, -0.2) is 32.1 Å². The molecule has 0 spiro atoms. The lowest BCUT2D eigenvalue weighted by molar-refractivity contribution is -0.118. The monoisotopic (exact) mass is 561 g/mol. The number of halogens is 2. The highest BCUT2D eigenvalue weighted by Gasteiger charge is 2.16. The smallest absolute Gasteiger partial charge is 0.250 e. The molecular weight excluding hydrogens is 542 g/mol. The number of hydrogen-bond donors (Lipinski definition) is 1. The summed E-state index contributed by atoms with van der Waals surface area (Å²) in [6.07, 6.45) is 0. The van der Waals surface area contributed by atoms with Gasteiger partial charge in [0.1, 0.15) is 0 Å². The van der Waals surface area contributed by atoms with Crippen molar-refractivity contribution in [1.82, 2.24) is 20.2 Å². The van der Waals surface area contributed by atoms with Crippen molar-refractivity contribution in [3.63, 3.8) is 0 Å². The van der Waals surface area contributed by atoms with E-state index in [4.69, 9.17) is 0 Å². The van der Waals surface area contributed by atoms with E-state index in [1.165, 1.54) is 11.8 Å². The molecule has 1 aromatic heterocycles. The summed E-state index contributed by atoms with van der Waals surface area (Å²) < 4.78 is 3.96. The zero-order valence-electron chi connectivity index (χ0n) is 17.1. The Kier molecular flexibility index (Phi) is 8.22. The molecule has 2 aromatic carbocycles. The lowest BCUT2D eigenvalue weighted by Gasteiger charge is -2.10. The summed E-state index contributed by atoms with van der Waals surface area (Å²) >= 11 is 8.17. The second-order valence-electron chi connectivity index (χ2n) is 6.88. The van der Waals surface area contributed by atoms with E-state index in [-0.39, 0.29) is 11.7 Å². The molecule has 0 aliphatic rings. The Balaban J connectivity index is 1.68. The van der Waals surface area contributed by atoms with Gasteiger partial charge in [0, 0.05) is 21.1 Å². The molecule has 31 heavy (non-hydrogen) atoms. The number of hydrazone groups is 1. The fourth-order valence-electron chi connectivity index (χ4n) is 2.68. The SMILES string of the molecule is C=C(C)Cn1c(SCC(=O)NN=C(C)c2ccc(Br)cc2)nnc1-c1ccc(Br)cc1. The third kappa shape index (κ3) is 6.62. The number of benzene rings is 2. The van der Waals surface area contributed by atoms with Crippen molar-refractivity contribution in [2.24, 2.45) is 5.10 Å². The highest BCUT2D eigenvalue weighted by Crippen LogP contribution is 2.26. The molecule has 9 heteroatoms. The van der Waals surface area contributed by atoms with Crippen LogP contribution in [0.5, 0.6) is 0 Å². The lowest BCUT2D eigenvalue weighted by atomic mass is 10.1. The lowest BCUT2D eigenvalue weighted by Crippen LogP contribution is -2.21. The van der Waals surface area contributed by atoms with Crippen molar-refractivity contribution in [3.05, 3.63) is 75.2 Å². The van der Waals surface area contributed by atoms with Crippen LogP contribution < -0.4 is 5.43 Å². The maximum absolute atomic E-state index is 12.3. The van der Waals surface area contributed by atoms with E-state index in [1.807, 2.05) is 66.9 Å². The average molecular weight is 563 g/mol.